The number of hydrogen-bond acceptors (Lipinski definition) is 3. The summed E-state index contributed by atoms with van der Waals surface area (Å²) in [7, 11) is 0. The molecule has 0 unspecified atom stereocenters. The van der Waals surface area contributed by atoms with Gasteiger partial charge in [0, 0.05) is 34.5 Å². The summed E-state index contributed by atoms with van der Waals surface area (Å²) in [4.78, 5) is 4.73. The monoisotopic (exact) mass is 736 g/mol. The van der Waals surface area contributed by atoms with Crippen LogP contribution in [0.4, 0.5) is 0 Å². The molecule has 5 nitrogen and oxygen atoms in total. The molecule has 4 aromatic carbocycles. The zero-order chi connectivity index (χ0) is 33.4. The molecule has 0 aliphatic carbocycles. The number of hydrogen-bond donors (Lipinski definition) is 0. The zero-order valence-electron chi connectivity index (χ0n) is 29.1. The first kappa shape index (κ1) is 34.4. The van der Waals surface area contributed by atoms with Gasteiger partial charge >= 0.3 is 20.4 Å². The first-order valence-electron chi connectivity index (χ1n) is 17.3. The third-order valence-corrected chi connectivity index (χ3v) is 9.41. The minimum absolute atomic E-state index is 0. The zero-order valence-corrected chi connectivity index (χ0v) is 30.7. The number of pyridine rings is 1. The minimum Gasteiger partial charge on any atom is -0.509 e. The Hall–Kier alpha value is -4.50. The van der Waals surface area contributed by atoms with Gasteiger partial charge in [-0.05, 0) is 84.1 Å². The minimum atomic E-state index is 0. The standard InChI is InChI=1S/C43H42N4O.Pd/c1-7-29-24-32(47-38(11-5)43(37(10-4)45-47)42-30(8-2)15-14-16-31(42)9-3)26-34(25-29)48-33-19-20-36-35-17-12-13-18-39(35)46(40(36)27-33)41-23-28(6)21-22-44-41;/h12-25H,7-11H2,1-6H3;/q-2;+2. The van der Waals surface area contributed by atoms with Gasteiger partial charge in [-0.1, -0.05) is 83.0 Å². The summed E-state index contributed by atoms with van der Waals surface area (Å²) >= 11 is 0. The molecule has 7 aromatic rings. The second kappa shape index (κ2) is 14.5. The van der Waals surface area contributed by atoms with E-state index in [-0.39, 0.29) is 20.4 Å². The largest absolute Gasteiger partial charge is 2.00 e. The van der Waals surface area contributed by atoms with Crippen molar-refractivity contribution in [1.82, 2.24) is 19.3 Å². The maximum atomic E-state index is 6.61. The van der Waals surface area contributed by atoms with Crippen molar-refractivity contribution < 1.29 is 25.2 Å². The Bertz CT molecular complexity index is 2260. The van der Waals surface area contributed by atoms with E-state index in [9.17, 15) is 0 Å². The summed E-state index contributed by atoms with van der Waals surface area (Å²) < 4.78 is 10.9. The number of para-hydroxylation sites is 1. The van der Waals surface area contributed by atoms with Gasteiger partial charge in [-0.25, -0.2) is 4.98 Å². The molecule has 0 amide bonds. The molecular formula is C43H42N4OPd. The number of benzene rings is 4. The van der Waals surface area contributed by atoms with Crippen LogP contribution in [0.25, 0.3) is 44.4 Å². The van der Waals surface area contributed by atoms with Crippen molar-refractivity contribution >= 4 is 21.8 Å². The van der Waals surface area contributed by atoms with Gasteiger partial charge in [0.2, 0.25) is 0 Å². The molecule has 7 rings (SSSR count). The quantitative estimate of drug-likeness (QED) is 0.104. The molecule has 0 radical (unpaired) electrons. The van der Waals surface area contributed by atoms with Gasteiger partial charge in [0.15, 0.2) is 0 Å². The van der Waals surface area contributed by atoms with Crippen LogP contribution in [-0.2, 0) is 52.5 Å². The third kappa shape index (κ3) is 6.25. The number of ether oxygens (including phenoxy) is 1. The fourth-order valence-corrected chi connectivity index (χ4v) is 7.02. The number of fused-ring (bicyclic) bond motifs is 3. The third-order valence-electron chi connectivity index (χ3n) is 9.41. The first-order chi connectivity index (χ1) is 23.5. The Morgan fingerprint density at radius 2 is 1.47 bits per heavy atom. The van der Waals surface area contributed by atoms with E-state index in [1.807, 2.05) is 18.3 Å². The van der Waals surface area contributed by atoms with Crippen molar-refractivity contribution in [2.75, 3.05) is 0 Å². The van der Waals surface area contributed by atoms with E-state index >= 15 is 0 Å². The van der Waals surface area contributed by atoms with Crippen LogP contribution in [0.15, 0.2) is 85.1 Å². The van der Waals surface area contributed by atoms with Crippen molar-refractivity contribution in [2.45, 2.75) is 73.6 Å². The molecule has 0 saturated heterocycles. The first-order valence-corrected chi connectivity index (χ1v) is 17.3. The Labute approximate surface area is 303 Å². The van der Waals surface area contributed by atoms with Gasteiger partial charge in [-0.3, -0.25) is 4.68 Å². The maximum Gasteiger partial charge on any atom is 2.00 e. The van der Waals surface area contributed by atoms with Crippen LogP contribution in [0, 0.1) is 19.1 Å². The SMILES string of the molecule is CCc1cc(Oc2[c-]c3c(cc2)c2ccccc2n3-c2cc(C)ccn2)[c-]c(-n2nc(CC)c(-c3c(CC)cccc3CC)c2CC)c1.[Pd+2]. The average molecular weight is 737 g/mol. The topological polar surface area (TPSA) is 44.9 Å². The van der Waals surface area contributed by atoms with E-state index in [0.717, 1.165) is 76.7 Å². The van der Waals surface area contributed by atoms with Crippen molar-refractivity contribution in [3.05, 3.63) is 131 Å². The van der Waals surface area contributed by atoms with E-state index in [4.69, 9.17) is 14.8 Å². The van der Waals surface area contributed by atoms with Crippen LogP contribution in [0.2, 0.25) is 0 Å². The van der Waals surface area contributed by atoms with E-state index in [1.54, 1.807) is 0 Å². The molecular weight excluding hydrogens is 695 g/mol. The van der Waals surface area contributed by atoms with E-state index < -0.39 is 0 Å². The van der Waals surface area contributed by atoms with Crippen LogP contribution in [-0.4, -0.2) is 19.3 Å². The van der Waals surface area contributed by atoms with Crippen molar-refractivity contribution in [3.63, 3.8) is 0 Å². The number of aromatic nitrogens is 4. The molecule has 49 heavy (non-hydrogen) atoms. The number of nitrogens with zero attached hydrogens (tertiary/aromatic N) is 4. The van der Waals surface area contributed by atoms with Gasteiger partial charge < -0.3 is 9.30 Å². The summed E-state index contributed by atoms with van der Waals surface area (Å²) in [5.74, 6) is 2.14. The fraction of sp³-hybridized carbons (Fsp3) is 0.256. The molecule has 0 aliphatic heterocycles. The second-order valence-corrected chi connectivity index (χ2v) is 12.4. The summed E-state index contributed by atoms with van der Waals surface area (Å²) in [6.07, 6.45) is 6.39. The van der Waals surface area contributed by atoms with Gasteiger partial charge in [0.1, 0.15) is 5.82 Å². The molecule has 0 atom stereocenters. The van der Waals surface area contributed by atoms with Crippen molar-refractivity contribution in [3.8, 4) is 34.1 Å². The van der Waals surface area contributed by atoms with E-state index in [2.05, 4.69) is 130 Å². The second-order valence-electron chi connectivity index (χ2n) is 12.4. The van der Waals surface area contributed by atoms with E-state index in [0.29, 0.717) is 11.5 Å². The molecule has 0 saturated carbocycles. The fourth-order valence-electron chi connectivity index (χ4n) is 7.02. The molecule has 6 heteroatoms. The number of aryl methyl sites for hydroxylation is 5. The van der Waals surface area contributed by atoms with Crippen LogP contribution < -0.4 is 4.74 Å². The number of rotatable bonds is 10. The Morgan fingerprint density at radius 1 is 0.694 bits per heavy atom. The smallest absolute Gasteiger partial charge is 0.509 e. The van der Waals surface area contributed by atoms with Crippen LogP contribution in [0.1, 0.15) is 68.3 Å². The summed E-state index contributed by atoms with van der Waals surface area (Å²) in [6, 6.07) is 34.9. The molecule has 250 valence electrons. The predicted octanol–water partition coefficient (Wildman–Crippen LogP) is 10.5. The Balaban J connectivity index is 0.00000417. The normalized spacial score (nSPS) is 11.3. The van der Waals surface area contributed by atoms with Crippen molar-refractivity contribution in [2.24, 2.45) is 0 Å². The van der Waals surface area contributed by atoms with Gasteiger partial charge in [-0.2, -0.15) is 16.7 Å². The summed E-state index contributed by atoms with van der Waals surface area (Å²) in [6.45, 7) is 13.2. The molecule has 0 fully saturated rings. The average Bonchev–Trinajstić information content (AvgIpc) is 3.66. The van der Waals surface area contributed by atoms with Crippen LogP contribution in [0.5, 0.6) is 11.5 Å². The Kier molecular flexibility index (Phi) is 10.2. The van der Waals surface area contributed by atoms with Gasteiger partial charge in [0.25, 0.3) is 0 Å². The van der Waals surface area contributed by atoms with Crippen molar-refractivity contribution in [1.29, 1.82) is 0 Å². The molecule has 0 aliphatic rings. The molecule has 3 aromatic heterocycles. The molecule has 3 heterocycles. The predicted molar refractivity (Wildman–Crippen MR) is 197 cm³/mol. The van der Waals surface area contributed by atoms with Crippen LogP contribution in [0.3, 0.4) is 0 Å². The summed E-state index contributed by atoms with van der Waals surface area (Å²) in [5, 5.41) is 7.51. The molecule has 0 N–H and O–H groups in total. The molecule has 0 bridgehead atoms. The molecule has 0 spiro atoms. The van der Waals surface area contributed by atoms with Gasteiger partial charge in [0.05, 0.1) is 5.69 Å². The van der Waals surface area contributed by atoms with E-state index in [1.165, 1.54) is 33.5 Å². The maximum absolute atomic E-state index is 6.61. The Morgan fingerprint density at radius 3 is 2.16 bits per heavy atom. The summed E-state index contributed by atoms with van der Waals surface area (Å²) in [5.41, 5.74) is 12.9. The van der Waals surface area contributed by atoms with Crippen LogP contribution >= 0.6 is 0 Å². The van der Waals surface area contributed by atoms with Gasteiger partial charge in [-0.15, -0.1) is 35.7 Å².